The molecular formula is C13H13N3O3. The number of nitro groups is 1. The van der Waals surface area contributed by atoms with Crippen LogP contribution in [0.15, 0.2) is 42.6 Å². The maximum absolute atomic E-state index is 10.7. The lowest BCUT2D eigenvalue weighted by molar-refractivity contribution is -0.384. The van der Waals surface area contributed by atoms with Gasteiger partial charge in [-0.05, 0) is 17.7 Å². The highest BCUT2D eigenvalue weighted by Gasteiger charge is 2.05. The number of nitrogens with zero attached hydrogens (tertiary/aromatic N) is 2. The molecule has 0 aliphatic heterocycles. The second-order valence-electron chi connectivity index (χ2n) is 3.87. The summed E-state index contributed by atoms with van der Waals surface area (Å²) >= 11 is 0. The van der Waals surface area contributed by atoms with Gasteiger partial charge in [-0.15, -0.1) is 0 Å². The molecule has 0 amide bonds. The van der Waals surface area contributed by atoms with Gasteiger partial charge in [-0.1, -0.05) is 6.07 Å². The fourth-order valence-corrected chi connectivity index (χ4v) is 1.61. The van der Waals surface area contributed by atoms with E-state index in [-0.39, 0.29) is 5.69 Å². The molecule has 2 aromatic rings. The minimum Gasteiger partial charge on any atom is -0.481 e. The van der Waals surface area contributed by atoms with Crippen molar-refractivity contribution in [2.45, 2.75) is 6.54 Å². The molecule has 0 bridgehead atoms. The molecule has 0 atom stereocenters. The van der Waals surface area contributed by atoms with Gasteiger partial charge >= 0.3 is 0 Å². The van der Waals surface area contributed by atoms with Crippen LogP contribution in [0.1, 0.15) is 5.56 Å². The van der Waals surface area contributed by atoms with Crippen LogP contribution < -0.4 is 10.1 Å². The van der Waals surface area contributed by atoms with Crippen LogP contribution >= 0.6 is 0 Å². The van der Waals surface area contributed by atoms with Crippen LogP contribution in [-0.4, -0.2) is 17.0 Å². The van der Waals surface area contributed by atoms with Crippen LogP contribution in [0.4, 0.5) is 11.4 Å². The molecule has 0 fully saturated rings. The average molecular weight is 259 g/mol. The van der Waals surface area contributed by atoms with Crippen molar-refractivity contribution in [2.75, 3.05) is 12.4 Å². The Morgan fingerprint density at radius 3 is 2.95 bits per heavy atom. The number of hydrogen-bond acceptors (Lipinski definition) is 5. The van der Waals surface area contributed by atoms with Gasteiger partial charge in [0.1, 0.15) is 0 Å². The summed E-state index contributed by atoms with van der Waals surface area (Å²) in [5.74, 6) is 0.540. The summed E-state index contributed by atoms with van der Waals surface area (Å²) in [5.41, 5.74) is 1.75. The van der Waals surface area contributed by atoms with Gasteiger partial charge in [0.05, 0.1) is 12.0 Å². The van der Waals surface area contributed by atoms with E-state index in [0.717, 1.165) is 5.56 Å². The Morgan fingerprint density at radius 2 is 2.21 bits per heavy atom. The first-order valence-electron chi connectivity index (χ1n) is 5.66. The Balaban J connectivity index is 2.05. The summed E-state index contributed by atoms with van der Waals surface area (Å²) in [6.45, 7) is 0.542. The van der Waals surface area contributed by atoms with Crippen LogP contribution in [-0.2, 0) is 6.54 Å². The summed E-state index contributed by atoms with van der Waals surface area (Å²) in [6.07, 6.45) is 1.66. The molecule has 1 N–H and O–H groups in total. The third-order valence-corrected chi connectivity index (χ3v) is 2.56. The molecule has 1 heterocycles. The maximum Gasteiger partial charge on any atom is 0.271 e. The zero-order chi connectivity index (χ0) is 13.7. The lowest BCUT2D eigenvalue weighted by Crippen LogP contribution is -2.00. The fraction of sp³-hybridized carbons (Fsp3) is 0.154. The standard InChI is InChI=1S/C13H13N3O3/c1-19-13-7-10(5-6-14-13)9-15-11-3-2-4-12(8-11)16(17)18/h2-8,15H,9H2,1H3. The molecule has 1 aromatic heterocycles. The first-order chi connectivity index (χ1) is 9.19. The SMILES string of the molecule is COc1cc(CNc2cccc([N+](=O)[O-])c2)ccn1. The van der Waals surface area contributed by atoms with Crippen LogP contribution in [0.2, 0.25) is 0 Å². The molecule has 0 aliphatic carbocycles. The molecule has 0 saturated carbocycles. The third-order valence-electron chi connectivity index (χ3n) is 2.56. The van der Waals surface area contributed by atoms with Crippen molar-refractivity contribution in [3.8, 4) is 5.88 Å². The largest absolute Gasteiger partial charge is 0.481 e. The Hall–Kier alpha value is -2.63. The summed E-state index contributed by atoms with van der Waals surface area (Å²) in [4.78, 5) is 14.3. The van der Waals surface area contributed by atoms with E-state index in [2.05, 4.69) is 10.3 Å². The fourth-order valence-electron chi connectivity index (χ4n) is 1.61. The Labute approximate surface area is 110 Å². The summed E-state index contributed by atoms with van der Waals surface area (Å²) < 4.78 is 5.03. The first kappa shape index (κ1) is 12.8. The second-order valence-corrected chi connectivity index (χ2v) is 3.87. The van der Waals surface area contributed by atoms with E-state index >= 15 is 0 Å². The van der Waals surface area contributed by atoms with Gasteiger partial charge in [0.2, 0.25) is 5.88 Å². The molecule has 6 nitrogen and oxygen atoms in total. The quantitative estimate of drug-likeness (QED) is 0.659. The van der Waals surface area contributed by atoms with Crippen LogP contribution in [0.25, 0.3) is 0 Å². The molecule has 0 aliphatic rings. The number of pyridine rings is 1. The van der Waals surface area contributed by atoms with Crippen LogP contribution in [0.5, 0.6) is 5.88 Å². The highest BCUT2D eigenvalue weighted by Crippen LogP contribution is 2.18. The molecule has 0 radical (unpaired) electrons. The molecule has 2 rings (SSSR count). The molecule has 98 valence electrons. The number of aromatic nitrogens is 1. The van der Waals surface area contributed by atoms with E-state index in [1.165, 1.54) is 12.1 Å². The van der Waals surface area contributed by atoms with E-state index in [1.54, 1.807) is 25.4 Å². The molecule has 0 spiro atoms. The van der Waals surface area contributed by atoms with Crippen molar-refractivity contribution in [3.05, 3.63) is 58.3 Å². The molecule has 19 heavy (non-hydrogen) atoms. The number of hydrogen-bond donors (Lipinski definition) is 1. The summed E-state index contributed by atoms with van der Waals surface area (Å²) in [7, 11) is 1.56. The van der Waals surface area contributed by atoms with E-state index in [9.17, 15) is 10.1 Å². The van der Waals surface area contributed by atoms with Gasteiger partial charge in [0.15, 0.2) is 0 Å². The van der Waals surface area contributed by atoms with Gasteiger partial charge < -0.3 is 10.1 Å². The first-order valence-corrected chi connectivity index (χ1v) is 5.66. The molecule has 1 aromatic carbocycles. The van der Waals surface area contributed by atoms with E-state index < -0.39 is 4.92 Å². The highest BCUT2D eigenvalue weighted by molar-refractivity contribution is 5.51. The molecule has 0 saturated heterocycles. The minimum atomic E-state index is -0.416. The van der Waals surface area contributed by atoms with Crippen LogP contribution in [0, 0.1) is 10.1 Å². The Kier molecular flexibility index (Phi) is 3.92. The van der Waals surface area contributed by atoms with Gasteiger partial charge in [0.25, 0.3) is 5.69 Å². The van der Waals surface area contributed by atoms with Gasteiger partial charge in [0, 0.05) is 36.6 Å². The lowest BCUT2D eigenvalue weighted by atomic mass is 10.2. The number of nitrogens with one attached hydrogen (secondary N) is 1. The Bertz CT molecular complexity index is 587. The topological polar surface area (TPSA) is 77.3 Å². The van der Waals surface area contributed by atoms with Crippen molar-refractivity contribution in [1.82, 2.24) is 4.98 Å². The smallest absolute Gasteiger partial charge is 0.271 e. The molecular weight excluding hydrogens is 246 g/mol. The number of anilines is 1. The van der Waals surface area contributed by atoms with Crippen molar-refractivity contribution in [1.29, 1.82) is 0 Å². The summed E-state index contributed by atoms with van der Waals surface area (Å²) in [5, 5.41) is 13.8. The van der Waals surface area contributed by atoms with Crippen molar-refractivity contribution in [2.24, 2.45) is 0 Å². The number of non-ortho nitro benzene ring substituents is 1. The zero-order valence-electron chi connectivity index (χ0n) is 10.4. The number of methoxy groups -OCH3 is 1. The van der Waals surface area contributed by atoms with Crippen molar-refractivity contribution >= 4 is 11.4 Å². The van der Waals surface area contributed by atoms with Gasteiger partial charge in [-0.2, -0.15) is 0 Å². The second kappa shape index (κ2) is 5.81. The van der Waals surface area contributed by atoms with Gasteiger partial charge in [-0.25, -0.2) is 4.98 Å². The van der Waals surface area contributed by atoms with Crippen molar-refractivity contribution < 1.29 is 9.66 Å². The maximum atomic E-state index is 10.7. The number of benzene rings is 1. The molecule has 0 unspecified atom stereocenters. The minimum absolute atomic E-state index is 0.0670. The van der Waals surface area contributed by atoms with Gasteiger partial charge in [-0.3, -0.25) is 10.1 Å². The summed E-state index contributed by atoms with van der Waals surface area (Å²) in [6, 6.07) is 10.1. The monoisotopic (exact) mass is 259 g/mol. The van der Waals surface area contributed by atoms with Crippen LogP contribution in [0.3, 0.4) is 0 Å². The predicted molar refractivity (Wildman–Crippen MR) is 71.2 cm³/mol. The lowest BCUT2D eigenvalue weighted by Gasteiger charge is -2.07. The molecule has 6 heteroatoms. The zero-order valence-corrected chi connectivity index (χ0v) is 10.4. The highest BCUT2D eigenvalue weighted by atomic mass is 16.6. The number of ether oxygens (including phenoxy) is 1. The Morgan fingerprint density at radius 1 is 1.37 bits per heavy atom. The normalized spacial score (nSPS) is 9.95. The van der Waals surface area contributed by atoms with E-state index in [1.807, 2.05) is 12.1 Å². The van der Waals surface area contributed by atoms with Crippen molar-refractivity contribution in [3.63, 3.8) is 0 Å². The van der Waals surface area contributed by atoms with E-state index in [0.29, 0.717) is 18.1 Å². The predicted octanol–water partition coefficient (Wildman–Crippen LogP) is 2.61. The number of rotatable bonds is 5. The van der Waals surface area contributed by atoms with E-state index in [4.69, 9.17) is 4.74 Å². The number of nitro benzene ring substituents is 1. The average Bonchev–Trinajstić information content (AvgIpc) is 2.45. The third kappa shape index (κ3) is 3.41.